The maximum atomic E-state index is 15.0. The van der Waals surface area contributed by atoms with Gasteiger partial charge in [0.05, 0.1) is 21.6 Å². The number of halogens is 3. The van der Waals surface area contributed by atoms with Gasteiger partial charge in [-0.05, 0) is 37.8 Å². The third-order valence-corrected chi connectivity index (χ3v) is 5.96. The highest BCUT2D eigenvalue weighted by Gasteiger charge is 2.33. The Morgan fingerprint density at radius 3 is 2.62 bits per heavy atom. The minimum atomic E-state index is -0.732. The van der Waals surface area contributed by atoms with E-state index in [-0.39, 0.29) is 34.5 Å². The molecule has 2 aromatic rings. The van der Waals surface area contributed by atoms with Gasteiger partial charge in [0.15, 0.2) is 0 Å². The molecule has 1 aromatic heterocycles. The largest absolute Gasteiger partial charge is 0.368 e. The molecule has 29 heavy (non-hydrogen) atoms. The second-order valence-electron chi connectivity index (χ2n) is 8.14. The molecule has 1 unspecified atom stereocenters. The summed E-state index contributed by atoms with van der Waals surface area (Å²) in [5, 5.41) is 3.57. The van der Waals surface area contributed by atoms with E-state index in [9.17, 15) is 9.59 Å². The molecule has 10 heteroatoms. The third kappa shape index (κ3) is 3.85. The van der Waals surface area contributed by atoms with E-state index in [0.29, 0.717) is 35.2 Å². The molecule has 1 aliphatic heterocycles. The normalized spacial score (nSPS) is 19.2. The van der Waals surface area contributed by atoms with Crippen LogP contribution in [0.5, 0.6) is 0 Å². The first kappa shape index (κ1) is 21.9. The number of nitrogens with two attached hydrogens (primary N) is 1. The first-order chi connectivity index (χ1) is 13.3. The van der Waals surface area contributed by atoms with Crippen molar-refractivity contribution in [2.24, 2.45) is 5.92 Å². The van der Waals surface area contributed by atoms with Crippen LogP contribution < -0.4 is 27.3 Å². The van der Waals surface area contributed by atoms with E-state index in [2.05, 4.69) is 19.2 Å². The molecule has 1 saturated heterocycles. The molecule has 160 valence electrons. The van der Waals surface area contributed by atoms with Crippen molar-refractivity contribution in [1.29, 1.82) is 0 Å². The summed E-state index contributed by atoms with van der Waals surface area (Å²) < 4.78 is 17.0. The first-order valence-corrected chi connectivity index (χ1v) is 10.1. The first-order valence-electron chi connectivity index (χ1n) is 9.72. The molecular formula is C19H26Cl2FN5O2. The lowest BCUT2D eigenvalue weighted by Crippen LogP contribution is -2.44. The minimum Gasteiger partial charge on any atom is -0.368 e. The molecule has 3 N–H and O–H groups in total. The molecule has 1 saturated carbocycles. The zero-order valence-corrected chi connectivity index (χ0v) is 18.0. The summed E-state index contributed by atoms with van der Waals surface area (Å²) in [6.45, 7) is 6.38. The Morgan fingerprint density at radius 2 is 2.00 bits per heavy atom. The van der Waals surface area contributed by atoms with Crippen LogP contribution in [-0.4, -0.2) is 34.9 Å². The van der Waals surface area contributed by atoms with Crippen LogP contribution in [0.1, 0.15) is 39.2 Å². The highest BCUT2D eigenvalue weighted by molar-refractivity contribution is 6.38. The molecule has 0 spiro atoms. The predicted octanol–water partition coefficient (Wildman–Crippen LogP) is 2.25. The van der Waals surface area contributed by atoms with Crippen molar-refractivity contribution in [3.8, 4) is 0 Å². The van der Waals surface area contributed by atoms with Crippen molar-refractivity contribution in [3.05, 3.63) is 37.7 Å². The standard InChI is InChI=1S/C19H25ClFN5O2.ClH/c1-10(2)23-8-11-5-6-24(9-11)17-14(21)7-13-16(15(17)20)25(12-3-4-12)19(28)26(22)18(13)27;/h7,10-12,23H,3-6,8-9,22H2,1-2H3;1H. The molecule has 2 heterocycles. The van der Waals surface area contributed by atoms with E-state index in [0.717, 1.165) is 25.8 Å². The van der Waals surface area contributed by atoms with Crippen LogP contribution in [0.15, 0.2) is 15.7 Å². The average molecular weight is 446 g/mol. The molecule has 1 aromatic carbocycles. The number of nitrogens with one attached hydrogen (secondary N) is 1. The summed E-state index contributed by atoms with van der Waals surface area (Å²) >= 11 is 6.63. The molecule has 0 bridgehead atoms. The van der Waals surface area contributed by atoms with Gasteiger partial charge in [0.2, 0.25) is 0 Å². The van der Waals surface area contributed by atoms with E-state index < -0.39 is 17.1 Å². The van der Waals surface area contributed by atoms with Crippen molar-refractivity contribution in [1.82, 2.24) is 14.6 Å². The molecule has 0 amide bonds. The van der Waals surface area contributed by atoms with Crippen LogP contribution in [-0.2, 0) is 0 Å². The van der Waals surface area contributed by atoms with E-state index in [1.165, 1.54) is 10.6 Å². The van der Waals surface area contributed by atoms with E-state index >= 15 is 4.39 Å². The SMILES string of the molecule is CC(C)NCC1CCN(c2c(F)cc3c(=O)n(N)c(=O)n(C4CC4)c3c2Cl)C1.Cl. The lowest BCUT2D eigenvalue weighted by atomic mass is 10.1. The number of aromatic nitrogens is 2. The fraction of sp³-hybridized carbons (Fsp3) is 0.579. The molecule has 2 fully saturated rings. The Bertz CT molecular complexity index is 1050. The summed E-state index contributed by atoms with van der Waals surface area (Å²) in [6, 6.07) is 1.50. The number of nitrogens with zero attached hydrogens (tertiary/aromatic N) is 3. The van der Waals surface area contributed by atoms with Crippen molar-refractivity contribution in [2.45, 2.75) is 45.2 Å². The van der Waals surface area contributed by atoms with E-state index in [4.69, 9.17) is 17.4 Å². The number of benzene rings is 1. The molecule has 1 atom stereocenters. The van der Waals surface area contributed by atoms with E-state index in [1.54, 1.807) is 0 Å². The van der Waals surface area contributed by atoms with Gasteiger partial charge in [0, 0.05) is 25.2 Å². The monoisotopic (exact) mass is 445 g/mol. The van der Waals surface area contributed by atoms with Crippen LogP contribution in [0, 0.1) is 11.7 Å². The van der Waals surface area contributed by atoms with Gasteiger partial charge in [0.25, 0.3) is 5.56 Å². The smallest absolute Gasteiger partial charge is 0.350 e. The van der Waals surface area contributed by atoms with Crippen molar-refractivity contribution in [3.63, 3.8) is 0 Å². The second kappa shape index (κ2) is 8.16. The highest BCUT2D eigenvalue weighted by Crippen LogP contribution is 2.41. The molecule has 1 aliphatic carbocycles. The topological polar surface area (TPSA) is 85.3 Å². The van der Waals surface area contributed by atoms with E-state index in [1.807, 2.05) is 4.90 Å². The average Bonchev–Trinajstić information content (AvgIpc) is 3.37. The van der Waals surface area contributed by atoms with Crippen LogP contribution >= 0.6 is 24.0 Å². The van der Waals surface area contributed by atoms with Crippen LogP contribution in [0.3, 0.4) is 0 Å². The number of fused-ring (bicyclic) bond motifs is 1. The fourth-order valence-corrected chi connectivity index (χ4v) is 4.39. The number of hydrogen-bond donors (Lipinski definition) is 2. The van der Waals surface area contributed by atoms with Crippen LogP contribution in [0.25, 0.3) is 10.9 Å². The van der Waals surface area contributed by atoms with Crippen molar-refractivity contribution >= 4 is 40.6 Å². The maximum Gasteiger partial charge on any atom is 0.350 e. The Labute approximate surface area is 179 Å². The third-order valence-electron chi connectivity index (χ3n) is 5.60. The molecule has 0 radical (unpaired) electrons. The van der Waals surface area contributed by atoms with Gasteiger partial charge in [-0.2, -0.15) is 4.68 Å². The Hall–Kier alpha value is -1.77. The van der Waals surface area contributed by atoms with Gasteiger partial charge < -0.3 is 16.1 Å². The van der Waals surface area contributed by atoms with Gasteiger partial charge in [-0.1, -0.05) is 25.4 Å². The predicted molar refractivity (Wildman–Crippen MR) is 117 cm³/mol. The zero-order chi connectivity index (χ0) is 20.2. The summed E-state index contributed by atoms with van der Waals surface area (Å²) in [4.78, 5) is 27.0. The number of nitrogen functional groups attached to an aromatic ring is 1. The second-order valence-corrected chi connectivity index (χ2v) is 8.52. The lowest BCUT2D eigenvalue weighted by molar-refractivity contribution is 0.480. The minimum absolute atomic E-state index is 0. The Balaban J connectivity index is 0.00000240. The molecule has 2 aliphatic rings. The quantitative estimate of drug-likeness (QED) is 0.689. The number of anilines is 1. The Kier molecular flexibility index (Phi) is 6.17. The molecule has 4 rings (SSSR count). The lowest BCUT2D eigenvalue weighted by Gasteiger charge is -2.23. The Morgan fingerprint density at radius 1 is 1.31 bits per heavy atom. The summed E-state index contributed by atoms with van der Waals surface area (Å²) in [6.07, 6.45) is 2.54. The van der Waals surface area contributed by atoms with Crippen LogP contribution in [0.4, 0.5) is 10.1 Å². The summed E-state index contributed by atoms with van der Waals surface area (Å²) in [5.41, 5.74) is -0.783. The van der Waals surface area contributed by atoms with Crippen molar-refractivity contribution < 1.29 is 4.39 Å². The van der Waals surface area contributed by atoms with Crippen molar-refractivity contribution in [2.75, 3.05) is 30.4 Å². The maximum absolute atomic E-state index is 15.0. The van der Waals surface area contributed by atoms with Gasteiger partial charge in [-0.25, -0.2) is 9.18 Å². The summed E-state index contributed by atoms with van der Waals surface area (Å²) in [5.74, 6) is 5.46. The molecular weight excluding hydrogens is 420 g/mol. The number of hydrogen-bond acceptors (Lipinski definition) is 5. The van der Waals surface area contributed by atoms with Gasteiger partial charge >= 0.3 is 5.69 Å². The number of rotatable bonds is 5. The summed E-state index contributed by atoms with van der Waals surface area (Å²) in [7, 11) is 0. The van der Waals surface area contributed by atoms with Gasteiger partial charge in [0.1, 0.15) is 5.82 Å². The molecule has 7 nitrogen and oxygen atoms in total. The van der Waals surface area contributed by atoms with Gasteiger partial charge in [-0.15, -0.1) is 12.4 Å². The highest BCUT2D eigenvalue weighted by atomic mass is 35.5. The van der Waals surface area contributed by atoms with Gasteiger partial charge in [-0.3, -0.25) is 9.36 Å². The zero-order valence-electron chi connectivity index (χ0n) is 16.5. The fourth-order valence-electron chi connectivity index (χ4n) is 3.99. The van der Waals surface area contributed by atoms with Crippen LogP contribution in [0.2, 0.25) is 5.02 Å².